The third-order valence-electron chi connectivity index (χ3n) is 4.43. The fourth-order valence-electron chi connectivity index (χ4n) is 2.76. The Balaban J connectivity index is 2.02. The summed E-state index contributed by atoms with van der Waals surface area (Å²) in [6.07, 6.45) is 4.08. The van der Waals surface area contributed by atoms with Crippen molar-refractivity contribution in [2.24, 2.45) is 5.73 Å². The van der Waals surface area contributed by atoms with Gasteiger partial charge in [0.2, 0.25) is 4.96 Å². The van der Waals surface area contributed by atoms with Crippen molar-refractivity contribution >= 4 is 16.3 Å². The van der Waals surface area contributed by atoms with Crippen molar-refractivity contribution < 1.29 is 4.74 Å². The minimum atomic E-state index is -0.0425. The van der Waals surface area contributed by atoms with E-state index in [9.17, 15) is 0 Å². The van der Waals surface area contributed by atoms with Gasteiger partial charge in [-0.2, -0.15) is 9.61 Å². The summed E-state index contributed by atoms with van der Waals surface area (Å²) in [7, 11) is 0. The highest BCUT2D eigenvalue weighted by Crippen LogP contribution is 2.35. The molecule has 2 aromatic rings. The lowest BCUT2D eigenvalue weighted by molar-refractivity contribution is 0.103. The first kappa shape index (κ1) is 13.9. The lowest BCUT2D eigenvalue weighted by Gasteiger charge is -2.26. The molecule has 1 aliphatic heterocycles. The van der Waals surface area contributed by atoms with Crippen LogP contribution >= 0.6 is 11.3 Å². The first-order valence-corrected chi connectivity index (χ1v) is 8.10. The molecule has 0 aromatic carbocycles. The van der Waals surface area contributed by atoms with Crippen LogP contribution in [0, 0.1) is 0 Å². The van der Waals surface area contributed by atoms with E-state index in [4.69, 9.17) is 15.6 Å². The van der Waals surface area contributed by atoms with Crippen LogP contribution in [0.1, 0.15) is 56.5 Å². The molecule has 0 radical (unpaired) electrons. The lowest BCUT2D eigenvalue weighted by Crippen LogP contribution is -2.33. The fraction of sp³-hybridized carbons (Fsp3) is 0.769. The summed E-state index contributed by atoms with van der Waals surface area (Å²) in [5, 5.41) is 14.3. The minimum absolute atomic E-state index is 0.0375. The molecule has 1 saturated heterocycles. The number of nitrogens with zero attached hydrogens (tertiary/aromatic N) is 4. The Morgan fingerprint density at radius 1 is 1.40 bits per heavy atom. The van der Waals surface area contributed by atoms with Crippen molar-refractivity contribution in [2.75, 3.05) is 13.2 Å². The molecule has 1 unspecified atom stereocenters. The van der Waals surface area contributed by atoms with E-state index >= 15 is 0 Å². The molecule has 0 bridgehead atoms. The average molecular weight is 295 g/mol. The lowest BCUT2D eigenvalue weighted by atomic mass is 9.83. The van der Waals surface area contributed by atoms with Gasteiger partial charge in [-0.25, -0.2) is 0 Å². The molecular formula is C13H21N5OS. The van der Waals surface area contributed by atoms with Crippen molar-refractivity contribution in [1.82, 2.24) is 19.8 Å². The first-order chi connectivity index (χ1) is 9.74. The molecule has 1 fully saturated rings. The molecule has 0 amide bonds. The Labute approximate surface area is 122 Å². The van der Waals surface area contributed by atoms with Crippen LogP contribution in [0.15, 0.2) is 0 Å². The third-order valence-corrected chi connectivity index (χ3v) is 5.58. The molecule has 6 nitrogen and oxygen atoms in total. The highest BCUT2D eigenvalue weighted by Gasteiger charge is 2.33. The van der Waals surface area contributed by atoms with Gasteiger partial charge in [0, 0.05) is 18.6 Å². The Morgan fingerprint density at radius 2 is 2.20 bits per heavy atom. The number of aromatic nitrogens is 4. The summed E-state index contributed by atoms with van der Waals surface area (Å²) in [4.78, 5) is 0.838. The fourth-order valence-corrected chi connectivity index (χ4v) is 3.94. The van der Waals surface area contributed by atoms with Gasteiger partial charge in [-0.1, -0.05) is 25.2 Å². The Bertz CT molecular complexity index is 574. The molecule has 2 aromatic heterocycles. The van der Waals surface area contributed by atoms with E-state index in [1.54, 1.807) is 11.3 Å². The van der Waals surface area contributed by atoms with Crippen LogP contribution < -0.4 is 5.73 Å². The summed E-state index contributed by atoms with van der Waals surface area (Å²) in [5.74, 6) is 0.832. The zero-order valence-electron chi connectivity index (χ0n) is 12.0. The molecule has 2 N–H and O–H groups in total. The maximum Gasteiger partial charge on any atom is 0.234 e. The normalized spacial score (nSPS) is 20.1. The standard InChI is InChI=1S/C13H21N5OS/c1-3-13(4-2,8-14)11-17-18-10(9-6-5-7-19-9)15-16-12(18)20-11/h9H,3-8,14H2,1-2H3. The number of rotatable bonds is 5. The van der Waals surface area contributed by atoms with Crippen molar-refractivity contribution in [2.45, 2.75) is 51.0 Å². The van der Waals surface area contributed by atoms with Gasteiger partial charge in [0.1, 0.15) is 11.1 Å². The molecule has 110 valence electrons. The van der Waals surface area contributed by atoms with E-state index in [2.05, 4.69) is 24.0 Å². The molecule has 0 aliphatic carbocycles. The Kier molecular flexibility index (Phi) is 3.74. The van der Waals surface area contributed by atoms with Gasteiger partial charge >= 0.3 is 0 Å². The van der Waals surface area contributed by atoms with Gasteiger partial charge in [0.05, 0.1) is 0 Å². The zero-order valence-corrected chi connectivity index (χ0v) is 12.8. The van der Waals surface area contributed by atoms with Crippen molar-refractivity contribution in [3.05, 3.63) is 10.8 Å². The second-order valence-electron chi connectivity index (χ2n) is 5.35. The van der Waals surface area contributed by atoms with Crippen LogP contribution in [0.5, 0.6) is 0 Å². The topological polar surface area (TPSA) is 78.3 Å². The van der Waals surface area contributed by atoms with Gasteiger partial charge in [0.25, 0.3) is 0 Å². The second-order valence-corrected chi connectivity index (χ2v) is 6.31. The van der Waals surface area contributed by atoms with E-state index in [-0.39, 0.29) is 11.5 Å². The van der Waals surface area contributed by atoms with Crippen molar-refractivity contribution in [3.8, 4) is 0 Å². The Hall–Kier alpha value is -1.05. The van der Waals surface area contributed by atoms with Crippen LogP contribution in [-0.4, -0.2) is 33.0 Å². The molecule has 1 atom stereocenters. The monoisotopic (exact) mass is 295 g/mol. The Morgan fingerprint density at radius 3 is 2.80 bits per heavy atom. The molecule has 7 heteroatoms. The number of nitrogens with two attached hydrogens (primary N) is 1. The van der Waals surface area contributed by atoms with Crippen LogP contribution in [-0.2, 0) is 10.2 Å². The summed E-state index contributed by atoms with van der Waals surface area (Å²) < 4.78 is 7.55. The van der Waals surface area contributed by atoms with E-state index in [0.717, 1.165) is 48.1 Å². The predicted octanol–water partition coefficient (Wildman–Crippen LogP) is 2.05. The maximum atomic E-state index is 6.01. The molecule has 3 rings (SSSR count). The minimum Gasteiger partial charge on any atom is -0.370 e. The molecule has 1 aliphatic rings. The van der Waals surface area contributed by atoms with Crippen molar-refractivity contribution in [1.29, 1.82) is 0 Å². The van der Waals surface area contributed by atoms with Crippen LogP contribution in [0.25, 0.3) is 4.96 Å². The van der Waals surface area contributed by atoms with Crippen LogP contribution in [0.4, 0.5) is 0 Å². The SMILES string of the molecule is CCC(CC)(CN)c1nn2c(C3CCCO3)nnc2s1. The van der Waals surface area contributed by atoms with Gasteiger partial charge < -0.3 is 10.5 Å². The van der Waals surface area contributed by atoms with Gasteiger partial charge in [-0.05, 0) is 25.7 Å². The van der Waals surface area contributed by atoms with Crippen LogP contribution in [0.2, 0.25) is 0 Å². The summed E-state index contributed by atoms with van der Waals surface area (Å²) >= 11 is 1.60. The van der Waals surface area contributed by atoms with Crippen LogP contribution in [0.3, 0.4) is 0 Å². The zero-order chi connectivity index (χ0) is 14.2. The number of fused-ring (bicyclic) bond motifs is 1. The number of ether oxygens (including phenoxy) is 1. The highest BCUT2D eigenvalue weighted by molar-refractivity contribution is 7.16. The summed E-state index contributed by atoms with van der Waals surface area (Å²) in [6, 6.07) is 0. The van der Waals surface area contributed by atoms with E-state index < -0.39 is 0 Å². The average Bonchev–Trinajstić information content (AvgIpc) is 3.17. The number of hydrogen-bond acceptors (Lipinski definition) is 6. The summed E-state index contributed by atoms with van der Waals surface area (Å²) in [6.45, 7) is 5.74. The molecule has 0 spiro atoms. The number of hydrogen-bond donors (Lipinski definition) is 1. The van der Waals surface area contributed by atoms with Gasteiger partial charge in [0.15, 0.2) is 5.82 Å². The highest BCUT2D eigenvalue weighted by atomic mass is 32.1. The largest absolute Gasteiger partial charge is 0.370 e. The summed E-state index contributed by atoms with van der Waals surface area (Å²) in [5.41, 5.74) is 5.97. The van der Waals surface area contributed by atoms with Gasteiger partial charge in [-0.15, -0.1) is 10.2 Å². The molecule has 0 saturated carbocycles. The van der Waals surface area contributed by atoms with E-state index in [0.29, 0.717) is 6.54 Å². The van der Waals surface area contributed by atoms with E-state index in [1.807, 2.05) is 4.52 Å². The van der Waals surface area contributed by atoms with Gasteiger partial charge in [-0.3, -0.25) is 0 Å². The van der Waals surface area contributed by atoms with E-state index in [1.165, 1.54) is 0 Å². The predicted molar refractivity (Wildman–Crippen MR) is 77.9 cm³/mol. The molecule has 3 heterocycles. The smallest absolute Gasteiger partial charge is 0.234 e. The molecule has 20 heavy (non-hydrogen) atoms. The quantitative estimate of drug-likeness (QED) is 0.913. The molecular weight excluding hydrogens is 274 g/mol. The second kappa shape index (κ2) is 5.38. The van der Waals surface area contributed by atoms with Crippen molar-refractivity contribution in [3.63, 3.8) is 0 Å². The maximum absolute atomic E-state index is 6.01. The third kappa shape index (κ3) is 2.04. The first-order valence-electron chi connectivity index (χ1n) is 7.28.